The van der Waals surface area contributed by atoms with Crippen molar-refractivity contribution in [3.05, 3.63) is 40.6 Å². The van der Waals surface area contributed by atoms with Gasteiger partial charge >= 0.3 is 11.8 Å². The zero-order valence-electron chi connectivity index (χ0n) is 18.7. The van der Waals surface area contributed by atoms with Crippen molar-refractivity contribution < 1.29 is 22.8 Å². The van der Waals surface area contributed by atoms with E-state index in [1.165, 1.54) is 4.68 Å². The maximum atomic E-state index is 12.6. The Morgan fingerprint density at radius 1 is 1.15 bits per heavy atom. The Hall–Kier alpha value is -3.21. The van der Waals surface area contributed by atoms with Gasteiger partial charge in [0.25, 0.3) is 0 Å². The molecule has 11 heteroatoms. The van der Waals surface area contributed by atoms with Crippen molar-refractivity contribution in [1.82, 2.24) is 20.0 Å². The molecule has 10 nitrogen and oxygen atoms in total. The molecule has 4 rings (SSSR count). The third-order valence-corrected chi connectivity index (χ3v) is 7.31. The molecule has 1 aromatic heterocycles. The number of hydrogen-bond acceptors (Lipinski definition) is 6. The Morgan fingerprint density at radius 3 is 2.64 bits per heavy atom. The van der Waals surface area contributed by atoms with E-state index in [-0.39, 0.29) is 29.8 Å². The second kappa shape index (κ2) is 8.97. The van der Waals surface area contributed by atoms with Crippen LogP contribution in [0.2, 0.25) is 0 Å². The molecular weight excluding hydrogens is 446 g/mol. The van der Waals surface area contributed by atoms with Crippen molar-refractivity contribution in [2.45, 2.75) is 44.6 Å². The van der Waals surface area contributed by atoms with Crippen molar-refractivity contribution in [3.8, 4) is 5.69 Å². The predicted octanol–water partition coefficient (Wildman–Crippen LogP) is 0.985. The largest absolute Gasteiger partial charge is 0.348 e. The summed E-state index contributed by atoms with van der Waals surface area (Å²) in [6.07, 6.45) is 1.95. The summed E-state index contributed by atoms with van der Waals surface area (Å²) in [7, 11) is -3.35. The summed E-state index contributed by atoms with van der Waals surface area (Å²) in [6.45, 7) is 5.36. The lowest BCUT2D eigenvalue weighted by atomic mass is 10.1. The molecule has 1 aromatic carbocycles. The van der Waals surface area contributed by atoms with Crippen LogP contribution in [0.25, 0.3) is 5.69 Å². The maximum Gasteiger partial charge on any atom is 0.314 e. The summed E-state index contributed by atoms with van der Waals surface area (Å²) in [5.74, 6) is -1.86. The molecule has 1 fully saturated rings. The highest BCUT2D eigenvalue weighted by molar-refractivity contribution is 7.90. The minimum absolute atomic E-state index is 0.113. The lowest BCUT2D eigenvalue weighted by molar-refractivity contribution is -0.136. The number of carbonyl (C=O) groups excluding carboxylic acids is 3. The lowest BCUT2D eigenvalue weighted by Crippen LogP contribution is -2.37. The van der Waals surface area contributed by atoms with Crippen molar-refractivity contribution >= 4 is 33.4 Å². The minimum atomic E-state index is -3.35. The highest BCUT2D eigenvalue weighted by Gasteiger charge is 2.34. The number of hydrogen-bond donors (Lipinski definition) is 2. The van der Waals surface area contributed by atoms with Crippen LogP contribution in [-0.4, -0.2) is 60.5 Å². The Kier molecular flexibility index (Phi) is 6.24. The standard InChI is InChI=1S/C22H27N5O5S/c1-14-6-7-18(15(2)11-14)27-20(16-12-33(31,32)13-17(16)25-27)24-22(30)21(29)23-8-4-10-26-9-3-5-19(26)28/h6-7,11H,3-5,8-10,12-13H2,1-2H3,(H,23,29)(H,24,30). The van der Waals surface area contributed by atoms with Crippen molar-refractivity contribution in [3.63, 3.8) is 0 Å². The topological polar surface area (TPSA) is 130 Å². The molecule has 0 bridgehead atoms. The van der Waals surface area contributed by atoms with E-state index >= 15 is 0 Å². The van der Waals surface area contributed by atoms with Crippen LogP contribution in [0.1, 0.15) is 41.6 Å². The maximum absolute atomic E-state index is 12.6. The van der Waals surface area contributed by atoms with Crippen molar-refractivity contribution in [1.29, 1.82) is 0 Å². The molecule has 1 saturated heterocycles. The van der Waals surface area contributed by atoms with Crippen LogP contribution in [0.5, 0.6) is 0 Å². The molecule has 176 valence electrons. The van der Waals surface area contributed by atoms with Gasteiger partial charge in [-0.05, 0) is 38.3 Å². The van der Waals surface area contributed by atoms with E-state index in [0.29, 0.717) is 36.3 Å². The van der Waals surface area contributed by atoms with Gasteiger partial charge < -0.3 is 15.5 Å². The zero-order valence-corrected chi connectivity index (χ0v) is 19.5. The van der Waals surface area contributed by atoms with Crippen LogP contribution < -0.4 is 10.6 Å². The molecule has 2 aliphatic heterocycles. The summed E-state index contributed by atoms with van der Waals surface area (Å²) < 4.78 is 25.7. The molecule has 3 amide bonds. The first-order valence-corrected chi connectivity index (χ1v) is 12.7. The highest BCUT2D eigenvalue weighted by atomic mass is 32.2. The van der Waals surface area contributed by atoms with Gasteiger partial charge in [0.1, 0.15) is 5.82 Å². The number of likely N-dealkylation sites (tertiary alicyclic amines) is 1. The fourth-order valence-corrected chi connectivity index (χ4v) is 5.74. The first-order chi connectivity index (χ1) is 15.6. The number of benzene rings is 1. The normalized spacial score (nSPS) is 16.7. The van der Waals surface area contributed by atoms with Crippen molar-refractivity contribution in [2.24, 2.45) is 0 Å². The molecular formula is C22H27N5O5S. The number of sulfone groups is 1. The number of amides is 3. The average molecular weight is 474 g/mol. The van der Waals surface area contributed by atoms with Gasteiger partial charge in [0.15, 0.2) is 9.84 Å². The van der Waals surface area contributed by atoms with Gasteiger partial charge in [-0.1, -0.05) is 17.7 Å². The van der Waals surface area contributed by atoms with Crippen LogP contribution >= 0.6 is 0 Å². The first kappa shape index (κ1) is 23.0. The van der Waals surface area contributed by atoms with Gasteiger partial charge in [-0.25, -0.2) is 13.1 Å². The molecule has 2 aromatic rings. The van der Waals surface area contributed by atoms with Crippen LogP contribution in [0.3, 0.4) is 0 Å². The molecule has 0 saturated carbocycles. The molecule has 3 heterocycles. The highest BCUT2D eigenvalue weighted by Crippen LogP contribution is 2.33. The number of nitrogens with one attached hydrogen (secondary N) is 2. The van der Waals surface area contributed by atoms with Gasteiger partial charge in [0.2, 0.25) is 5.91 Å². The summed E-state index contributed by atoms with van der Waals surface area (Å²) >= 11 is 0. The number of aryl methyl sites for hydroxylation is 2. The van der Waals surface area contributed by atoms with E-state index in [0.717, 1.165) is 24.1 Å². The zero-order chi connectivity index (χ0) is 23.8. The smallest absolute Gasteiger partial charge is 0.314 e. The van der Waals surface area contributed by atoms with Gasteiger partial charge in [-0.3, -0.25) is 14.4 Å². The molecule has 2 aliphatic rings. The molecule has 0 spiro atoms. The SMILES string of the molecule is Cc1ccc(-n2nc3c(c2NC(=O)C(=O)NCCCN2CCCC2=O)CS(=O)(=O)C3)c(C)c1. The van der Waals surface area contributed by atoms with E-state index in [1.807, 2.05) is 32.0 Å². The van der Waals surface area contributed by atoms with E-state index in [4.69, 9.17) is 0 Å². The van der Waals surface area contributed by atoms with Gasteiger partial charge in [-0.2, -0.15) is 5.10 Å². The van der Waals surface area contributed by atoms with Crippen LogP contribution in [-0.2, 0) is 35.7 Å². The first-order valence-electron chi connectivity index (χ1n) is 10.9. The molecule has 33 heavy (non-hydrogen) atoms. The molecule has 2 N–H and O–H groups in total. The van der Waals surface area contributed by atoms with E-state index in [2.05, 4.69) is 15.7 Å². The predicted molar refractivity (Wildman–Crippen MR) is 121 cm³/mol. The Morgan fingerprint density at radius 2 is 1.94 bits per heavy atom. The summed E-state index contributed by atoms with van der Waals surface area (Å²) in [5.41, 5.74) is 3.43. The fourth-order valence-electron chi connectivity index (χ4n) is 4.25. The number of aromatic nitrogens is 2. The Labute approximate surface area is 192 Å². The molecule has 0 atom stereocenters. The number of carbonyl (C=O) groups is 3. The molecule has 0 aliphatic carbocycles. The van der Waals surface area contributed by atoms with E-state index < -0.39 is 21.7 Å². The van der Waals surface area contributed by atoms with Crippen molar-refractivity contribution in [2.75, 3.05) is 25.0 Å². The summed E-state index contributed by atoms with van der Waals surface area (Å²) in [6, 6.07) is 5.70. The van der Waals surface area contributed by atoms with E-state index in [9.17, 15) is 22.8 Å². The second-order valence-corrected chi connectivity index (χ2v) is 10.6. The fraction of sp³-hybridized carbons (Fsp3) is 0.455. The van der Waals surface area contributed by atoms with Crippen LogP contribution in [0.4, 0.5) is 5.82 Å². The van der Waals surface area contributed by atoms with Gasteiger partial charge in [0.05, 0.1) is 22.9 Å². The Balaban J connectivity index is 1.47. The van der Waals surface area contributed by atoms with Crippen LogP contribution in [0, 0.1) is 13.8 Å². The quantitative estimate of drug-likeness (QED) is 0.475. The molecule has 0 unspecified atom stereocenters. The van der Waals surface area contributed by atoms with Crippen LogP contribution in [0.15, 0.2) is 18.2 Å². The number of nitrogens with zero attached hydrogens (tertiary/aromatic N) is 3. The summed E-state index contributed by atoms with van der Waals surface area (Å²) in [4.78, 5) is 38.4. The number of anilines is 1. The third-order valence-electron chi connectivity index (χ3n) is 5.87. The van der Waals surface area contributed by atoms with Gasteiger partial charge in [0, 0.05) is 31.6 Å². The molecule has 0 radical (unpaired) electrons. The lowest BCUT2D eigenvalue weighted by Gasteiger charge is -2.15. The minimum Gasteiger partial charge on any atom is -0.348 e. The average Bonchev–Trinajstić information content (AvgIpc) is 3.38. The van der Waals surface area contributed by atoms with E-state index in [1.54, 1.807) is 4.90 Å². The second-order valence-electron chi connectivity index (χ2n) is 8.56. The van der Waals surface area contributed by atoms with Gasteiger partial charge in [-0.15, -0.1) is 0 Å². The number of fused-ring (bicyclic) bond motifs is 1. The number of rotatable bonds is 6. The summed E-state index contributed by atoms with van der Waals surface area (Å²) in [5, 5.41) is 9.58. The monoisotopic (exact) mass is 473 g/mol. The third kappa shape index (κ3) is 4.92. The Bertz CT molecular complexity index is 1230.